The normalized spacial score (nSPS) is 10.6. The Morgan fingerprint density at radius 3 is 2.44 bits per heavy atom. The highest BCUT2D eigenvalue weighted by Gasteiger charge is 2.08. The van der Waals surface area contributed by atoms with Crippen LogP contribution in [0.2, 0.25) is 0 Å². The van der Waals surface area contributed by atoms with Crippen molar-refractivity contribution in [2.45, 2.75) is 32.6 Å². The molecule has 1 amide bonds. The van der Waals surface area contributed by atoms with Crippen LogP contribution in [0.3, 0.4) is 0 Å². The molecular formula is C22H25N3OS. The summed E-state index contributed by atoms with van der Waals surface area (Å²) in [6, 6.07) is 15.1. The molecule has 0 aliphatic rings. The molecule has 0 aliphatic heterocycles. The van der Waals surface area contributed by atoms with Crippen LogP contribution in [0, 0.1) is 0 Å². The van der Waals surface area contributed by atoms with E-state index in [1.165, 1.54) is 24.8 Å². The summed E-state index contributed by atoms with van der Waals surface area (Å²) in [4.78, 5) is 16.4. The van der Waals surface area contributed by atoms with Crippen LogP contribution in [0.25, 0.3) is 0 Å². The first-order chi connectivity index (χ1) is 13.1. The first-order valence-corrected chi connectivity index (χ1v) is 9.49. The van der Waals surface area contributed by atoms with Crippen LogP contribution in [-0.4, -0.2) is 17.2 Å². The maximum atomic E-state index is 12.3. The third-order valence-corrected chi connectivity index (χ3v) is 4.17. The number of unbranched alkanes of at least 4 members (excludes halogenated alkanes) is 2. The van der Waals surface area contributed by atoms with E-state index < -0.39 is 0 Å². The van der Waals surface area contributed by atoms with Crippen LogP contribution in [0.15, 0.2) is 66.2 Å². The number of thiocarbonyl (C=S) groups is 1. The van der Waals surface area contributed by atoms with E-state index in [1.807, 2.05) is 12.1 Å². The van der Waals surface area contributed by atoms with Gasteiger partial charge >= 0.3 is 0 Å². The molecule has 0 heterocycles. The number of hydrogen-bond donors (Lipinski definition) is 2. The van der Waals surface area contributed by atoms with Gasteiger partial charge in [-0.2, -0.15) is 0 Å². The largest absolute Gasteiger partial charge is 0.332 e. The van der Waals surface area contributed by atoms with Gasteiger partial charge in [-0.15, -0.1) is 0 Å². The van der Waals surface area contributed by atoms with Crippen LogP contribution in [0.4, 0.5) is 11.4 Å². The van der Waals surface area contributed by atoms with E-state index in [9.17, 15) is 4.79 Å². The second kappa shape index (κ2) is 11.0. The molecule has 2 aromatic carbocycles. The minimum Gasteiger partial charge on any atom is -0.332 e. The number of aliphatic imine (C=N–C) groups is 1. The van der Waals surface area contributed by atoms with Gasteiger partial charge in [-0.1, -0.05) is 44.6 Å². The van der Waals surface area contributed by atoms with Crippen LogP contribution >= 0.6 is 12.2 Å². The van der Waals surface area contributed by atoms with E-state index in [2.05, 4.69) is 41.3 Å². The van der Waals surface area contributed by atoms with Gasteiger partial charge in [0.1, 0.15) is 0 Å². The number of allylic oxidation sites excluding steroid dienone is 1. The molecule has 0 saturated carbocycles. The average Bonchev–Trinajstić information content (AvgIpc) is 2.68. The molecule has 0 spiro atoms. The van der Waals surface area contributed by atoms with Gasteiger partial charge in [0.15, 0.2) is 5.11 Å². The molecule has 2 rings (SSSR count). The van der Waals surface area contributed by atoms with Gasteiger partial charge in [0.2, 0.25) is 0 Å². The summed E-state index contributed by atoms with van der Waals surface area (Å²) in [5.41, 5.74) is 3.44. The lowest BCUT2D eigenvalue weighted by molar-refractivity contribution is 0.0978. The topological polar surface area (TPSA) is 53.5 Å². The predicted molar refractivity (Wildman–Crippen MR) is 118 cm³/mol. The van der Waals surface area contributed by atoms with Crippen molar-refractivity contribution < 1.29 is 4.79 Å². The highest BCUT2D eigenvalue weighted by Crippen LogP contribution is 2.14. The fourth-order valence-corrected chi connectivity index (χ4v) is 2.72. The van der Waals surface area contributed by atoms with Gasteiger partial charge in [-0.3, -0.25) is 15.1 Å². The van der Waals surface area contributed by atoms with Crippen LogP contribution < -0.4 is 10.6 Å². The number of nitrogens with one attached hydrogen (secondary N) is 2. The zero-order chi connectivity index (χ0) is 19.5. The Bertz CT molecular complexity index is 795. The minimum atomic E-state index is -0.261. The Hall–Kier alpha value is -2.79. The summed E-state index contributed by atoms with van der Waals surface area (Å²) in [6.45, 7) is 5.78. The third-order valence-electron chi connectivity index (χ3n) is 3.97. The maximum absolute atomic E-state index is 12.3. The first-order valence-electron chi connectivity index (χ1n) is 9.09. The lowest BCUT2D eigenvalue weighted by atomic mass is 10.1. The molecule has 0 unspecified atom stereocenters. The number of amides is 1. The van der Waals surface area contributed by atoms with E-state index in [4.69, 9.17) is 12.2 Å². The predicted octanol–water partition coefficient (Wildman–Crippen LogP) is 5.43. The number of carbonyl (C=O) groups is 1. The second-order valence-electron chi connectivity index (χ2n) is 6.12. The molecule has 0 bridgehead atoms. The Morgan fingerprint density at radius 1 is 1.11 bits per heavy atom. The fourth-order valence-electron chi connectivity index (χ4n) is 2.51. The van der Waals surface area contributed by atoms with E-state index in [-0.39, 0.29) is 11.0 Å². The van der Waals surface area contributed by atoms with Crippen molar-refractivity contribution in [1.29, 1.82) is 0 Å². The molecule has 0 fully saturated rings. The number of benzene rings is 2. The van der Waals surface area contributed by atoms with Gasteiger partial charge in [0, 0.05) is 17.5 Å². The zero-order valence-corrected chi connectivity index (χ0v) is 16.4. The van der Waals surface area contributed by atoms with Crippen molar-refractivity contribution in [3.63, 3.8) is 0 Å². The van der Waals surface area contributed by atoms with Crippen molar-refractivity contribution in [2.24, 2.45) is 4.99 Å². The molecule has 0 aliphatic carbocycles. The summed E-state index contributed by atoms with van der Waals surface area (Å²) in [5, 5.41) is 6.00. The van der Waals surface area contributed by atoms with Gasteiger partial charge in [0.05, 0.1) is 5.69 Å². The van der Waals surface area contributed by atoms with Crippen LogP contribution in [-0.2, 0) is 6.42 Å². The maximum Gasteiger partial charge on any atom is 0.257 e. The van der Waals surface area contributed by atoms with Gasteiger partial charge in [-0.05, 0) is 67.0 Å². The molecule has 0 radical (unpaired) electrons. The minimum absolute atomic E-state index is 0.261. The van der Waals surface area contributed by atoms with Crippen molar-refractivity contribution in [3.05, 3.63) is 72.3 Å². The van der Waals surface area contributed by atoms with Gasteiger partial charge < -0.3 is 5.32 Å². The average molecular weight is 380 g/mol. The molecule has 5 heteroatoms. The molecular weight excluding hydrogens is 354 g/mol. The molecule has 4 nitrogen and oxygen atoms in total. The number of anilines is 1. The van der Waals surface area contributed by atoms with E-state index in [1.54, 1.807) is 36.6 Å². The van der Waals surface area contributed by atoms with Crippen LogP contribution in [0.1, 0.15) is 42.1 Å². The molecule has 2 aromatic rings. The molecule has 0 saturated heterocycles. The first kappa shape index (κ1) is 20.5. The highest BCUT2D eigenvalue weighted by molar-refractivity contribution is 7.80. The summed E-state index contributed by atoms with van der Waals surface area (Å²) >= 11 is 5.24. The quantitative estimate of drug-likeness (QED) is 0.365. The van der Waals surface area contributed by atoms with E-state index in [0.717, 1.165) is 17.8 Å². The zero-order valence-electron chi connectivity index (χ0n) is 15.6. The highest BCUT2D eigenvalue weighted by atomic mass is 32.1. The summed E-state index contributed by atoms with van der Waals surface area (Å²) in [5.74, 6) is -0.261. The van der Waals surface area contributed by atoms with E-state index >= 15 is 0 Å². The Labute approximate surface area is 166 Å². The van der Waals surface area contributed by atoms with E-state index in [0.29, 0.717) is 5.56 Å². The van der Waals surface area contributed by atoms with Gasteiger partial charge in [0.25, 0.3) is 5.91 Å². The van der Waals surface area contributed by atoms with Gasteiger partial charge in [-0.25, -0.2) is 0 Å². The lowest BCUT2D eigenvalue weighted by Crippen LogP contribution is -2.34. The van der Waals surface area contributed by atoms with Crippen LogP contribution in [0.5, 0.6) is 0 Å². The molecule has 0 aromatic heterocycles. The van der Waals surface area contributed by atoms with Crippen molar-refractivity contribution in [1.82, 2.24) is 5.32 Å². The van der Waals surface area contributed by atoms with Crippen molar-refractivity contribution in [2.75, 3.05) is 5.32 Å². The Balaban J connectivity index is 1.86. The summed E-state index contributed by atoms with van der Waals surface area (Å²) < 4.78 is 0. The molecule has 0 atom stereocenters. The summed E-state index contributed by atoms with van der Waals surface area (Å²) in [6.07, 6.45) is 7.96. The number of nitrogens with zero attached hydrogens (tertiary/aromatic N) is 1. The third kappa shape index (κ3) is 7.15. The fraction of sp³-hybridized carbons (Fsp3) is 0.227. The monoisotopic (exact) mass is 379 g/mol. The number of aryl methyl sites for hydroxylation is 1. The Kier molecular flexibility index (Phi) is 8.39. The SMILES string of the molecule is C=CC=Nc1ccc(C(=O)NC(=S)Nc2ccc(CCCCC)cc2)cc1. The standard InChI is InChI=1S/C22H25N3OS/c1-3-5-6-7-17-8-12-20(13-9-17)24-22(27)25-21(26)18-10-14-19(15-11-18)23-16-4-2/h4,8-16H,2-3,5-7H2,1H3,(H2,24,25,26,27). The number of hydrogen-bond acceptors (Lipinski definition) is 3. The smallest absolute Gasteiger partial charge is 0.257 e. The molecule has 27 heavy (non-hydrogen) atoms. The lowest BCUT2D eigenvalue weighted by Gasteiger charge is -2.10. The second-order valence-corrected chi connectivity index (χ2v) is 6.53. The summed E-state index contributed by atoms with van der Waals surface area (Å²) in [7, 11) is 0. The number of rotatable bonds is 8. The Morgan fingerprint density at radius 2 is 1.81 bits per heavy atom. The number of carbonyl (C=O) groups excluding carboxylic acids is 1. The molecule has 140 valence electrons. The van der Waals surface area contributed by atoms with Crippen molar-refractivity contribution in [3.8, 4) is 0 Å². The van der Waals surface area contributed by atoms with Crippen molar-refractivity contribution >= 4 is 40.8 Å². The molecule has 2 N–H and O–H groups in total.